The zero-order chi connectivity index (χ0) is 17.1. The fourth-order valence-corrected chi connectivity index (χ4v) is 2.45. The van der Waals surface area contributed by atoms with Crippen molar-refractivity contribution in [1.82, 2.24) is 0 Å². The number of hydrogen-bond donors (Lipinski definition) is 1. The number of methoxy groups -OCH3 is 1. The van der Waals surface area contributed by atoms with E-state index in [2.05, 4.69) is 5.32 Å². The van der Waals surface area contributed by atoms with Crippen molar-refractivity contribution in [2.45, 2.75) is 0 Å². The predicted octanol–water partition coefficient (Wildman–Crippen LogP) is 3.27. The number of halogens is 1. The molecule has 7 nitrogen and oxygen atoms in total. The van der Waals surface area contributed by atoms with Gasteiger partial charge in [-0.05, 0) is 30.3 Å². The number of rotatable bonds is 4. The van der Waals surface area contributed by atoms with Crippen molar-refractivity contribution in [3.8, 4) is 17.2 Å². The molecule has 2 aromatic carbocycles. The number of amides is 3. The van der Waals surface area contributed by atoms with Gasteiger partial charge in [-0.25, -0.2) is 9.69 Å². The standard InChI is InChI=1S/C16H13ClN2O5/c1-22-13-4-2-10(6-12(13)17)18-16(21)19(8-20)11-3-5-14-15(7-11)24-9-23-14/h2-8H,9H2,1H3,(H,18,21). The summed E-state index contributed by atoms with van der Waals surface area (Å²) in [5, 5.41) is 2.94. The van der Waals surface area contributed by atoms with Gasteiger partial charge in [0.25, 0.3) is 0 Å². The molecule has 1 aliphatic heterocycles. The van der Waals surface area contributed by atoms with Crippen molar-refractivity contribution in [2.75, 3.05) is 24.1 Å². The third-order valence-corrected chi connectivity index (χ3v) is 3.66. The fourth-order valence-electron chi connectivity index (χ4n) is 2.19. The summed E-state index contributed by atoms with van der Waals surface area (Å²) in [6.45, 7) is 0.108. The molecule has 8 heteroatoms. The molecule has 0 unspecified atom stereocenters. The molecule has 2 aromatic rings. The second-order valence-corrected chi connectivity index (χ2v) is 5.20. The fraction of sp³-hybridized carbons (Fsp3) is 0.125. The topological polar surface area (TPSA) is 77.1 Å². The van der Waals surface area contributed by atoms with Gasteiger partial charge in [0, 0.05) is 11.8 Å². The first-order valence-electron chi connectivity index (χ1n) is 6.91. The van der Waals surface area contributed by atoms with Gasteiger partial charge < -0.3 is 19.5 Å². The summed E-state index contributed by atoms with van der Waals surface area (Å²) in [7, 11) is 1.49. The second-order valence-electron chi connectivity index (χ2n) is 4.79. The summed E-state index contributed by atoms with van der Waals surface area (Å²) in [6.07, 6.45) is 0.415. The maximum atomic E-state index is 12.3. The molecule has 1 aliphatic rings. The molecule has 24 heavy (non-hydrogen) atoms. The lowest BCUT2D eigenvalue weighted by molar-refractivity contribution is -0.106. The first kappa shape index (κ1) is 15.9. The monoisotopic (exact) mass is 348 g/mol. The SMILES string of the molecule is COc1ccc(NC(=O)N(C=O)c2ccc3c(c2)OCO3)cc1Cl. The highest BCUT2D eigenvalue weighted by atomic mass is 35.5. The Kier molecular flexibility index (Phi) is 4.43. The van der Waals surface area contributed by atoms with E-state index in [0.717, 1.165) is 4.90 Å². The van der Waals surface area contributed by atoms with E-state index in [4.69, 9.17) is 25.8 Å². The van der Waals surface area contributed by atoms with Gasteiger partial charge in [-0.15, -0.1) is 0 Å². The van der Waals surface area contributed by atoms with E-state index < -0.39 is 6.03 Å². The van der Waals surface area contributed by atoms with Crippen molar-refractivity contribution in [2.24, 2.45) is 0 Å². The molecule has 0 aliphatic carbocycles. The lowest BCUT2D eigenvalue weighted by atomic mass is 10.2. The number of nitrogens with one attached hydrogen (secondary N) is 1. The van der Waals surface area contributed by atoms with Gasteiger partial charge in [-0.3, -0.25) is 4.79 Å². The molecule has 0 atom stereocenters. The second kappa shape index (κ2) is 6.67. The van der Waals surface area contributed by atoms with Gasteiger partial charge in [-0.2, -0.15) is 0 Å². The number of fused-ring (bicyclic) bond motifs is 1. The molecule has 0 saturated heterocycles. The first-order chi connectivity index (χ1) is 11.6. The molecule has 3 rings (SSSR count). The van der Waals surface area contributed by atoms with Gasteiger partial charge in [0.2, 0.25) is 13.2 Å². The van der Waals surface area contributed by atoms with E-state index >= 15 is 0 Å². The molecule has 0 aromatic heterocycles. The number of anilines is 2. The van der Waals surface area contributed by atoms with E-state index in [1.54, 1.807) is 30.3 Å². The van der Waals surface area contributed by atoms with Crippen LogP contribution in [0, 0.1) is 0 Å². The molecule has 3 amide bonds. The van der Waals surface area contributed by atoms with Gasteiger partial charge in [0.05, 0.1) is 17.8 Å². The van der Waals surface area contributed by atoms with Crippen molar-refractivity contribution < 1.29 is 23.8 Å². The Morgan fingerprint density at radius 3 is 2.75 bits per heavy atom. The highest BCUT2D eigenvalue weighted by Gasteiger charge is 2.20. The smallest absolute Gasteiger partial charge is 0.332 e. The van der Waals surface area contributed by atoms with Crippen molar-refractivity contribution in [1.29, 1.82) is 0 Å². The first-order valence-corrected chi connectivity index (χ1v) is 7.29. The van der Waals surface area contributed by atoms with Crippen LogP contribution in [0.5, 0.6) is 17.2 Å². The minimum atomic E-state index is -0.634. The van der Waals surface area contributed by atoms with Crippen LogP contribution in [-0.4, -0.2) is 26.3 Å². The molecule has 0 spiro atoms. The molecule has 0 radical (unpaired) electrons. The zero-order valence-electron chi connectivity index (χ0n) is 12.6. The quantitative estimate of drug-likeness (QED) is 0.858. The molecule has 1 heterocycles. The van der Waals surface area contributed by atoms with Crippen molar-refractivity contribution >= 4 is 35.4 Å². The Labute approximate surface area is 142 Å². The highest BCUT2D eigenvalue weighted by molar-refractivity contribution is 6.32. The Balaban J connectivity index is 1.79. The van der Waals surface area contributed by atoms with Crippen LogP contribution in [0.1, 0.15) is 0 Å². The summed E-state index contributed by atoms with van der Waals surface area (Å²) in [5.74, 6) is 1.52. The summed E-state index contributed by atoms with van der Waals surface area (Å²) in [6, 6.07) is 8.90. The third-order valence-electron chi connectivity index (χ3n) is 3.36. The summed E-state index contributed by atoms with van der Waals surface area (Å²) in [4.78, 5) is 24.6. The van der Waals surface area contributed by atoms with Crippen LogP contribution in [-0.2, 0) is 4.79 Å². The van der Waals surface area contributed by atoms with Crippen LogP contribution in [0.2, 0.25) is 5.02 Å². The normalized spacial score (nSPS) is 11.8. The van der Waals surface area contributed by atoms with E-state index in [0.29, 0.717) is 40.1 Å². The van der Waals surface area contributed by atoms with E-state index in [9.17, 15) is 9.59 Å². The van der Waals surface area contributed by atoms with E-state index in [1.807, 2.05) is 0 Å². The number of nitrogens with zero attached hydrogens (tertiary/aromatic N) is 1. The number of imide groups is 1. The van der Waals surface area contributed by atoms with Gasteiger partial charge in [0.1, 0.15) is 5.75 Å². The van der Waals surface area contributed by atoms with E-state index in [-0.39, 0.29) is 6.79 Å². The maximum absolute atomic E-state index is 12.3. The lowest BCUT2D eigenvalue weighted by Gasteiger charge is -2.17. The van der Waals surface area contributed by atoms with Gasteiger partial charge in [-0.1, -0.05) is 11.6 Å². The number of ether oxygens (including phenoxy) is 3. The Hall–Kier alpha value is -2.93. The summed E-state index contributed by atoms with van der Waals surface area (Å²) < 4.78 is 15.5. The molecule has 0 saturated carbocycles. The van der Waals surface area contributed by atoms with Crippen molar-refractivity contribution in [3.63, 3.8) is 0 Å². The number of benzene rings is 2. The maximum Gasteiger partial charge on any atom is 0.332 e. The van der Waals surface area contributed by atoms with Crippen molar-refractivity contribution in [3.05, 3.63) is 41.4 Å². The minimum Gasteiger partial charge on any atom is -0.495 e. The molecule has 0 bridgehead atoms. The Morgan fingerprint density at radius 1 is 1.25 bits per heavy atom. The van der Waals surface area contributed by atoms with Crippen LogP contribution < -0.4 is 24.4 Å². The molecular formula is C16H13ClN2O5. The molecule has 124 valence electrons. The Morgan fingerprint density at radius 2 is 2.04 bits per heavy atom. The number of urea groups is 1. The molecule has 0 fully saturated rings. The Bertz CT molecular complexity index is 796. The average Bonchev–Trinajstić information content (AvgIpc) is 3.03. The van der Waals surface area contributed by atoms with Crippen LogP contribution in [0.15, 0.2) is 36.4 Å². The van der Waals surface area contributed by atoms with Gasteiger partial charge >= 0.3 is 6.03 Å². The summed E-state index contributed by atoms with van der Waals surface area (Å²) in [5.41, 5.74) is 0.782. The molecular weight excluding hydrogens is 336 g/mol. The number of hydrogen-bond acceptors (Lipinski definition) is 5. The largest absolute Gasteiger partial charge is 0.495 e. The van der Waals surface area contributed by atoms with Crippen LogP contribution in [0.3, 0.4) is 0 Å². The number of carbonyl (C=O) groups is 2. The van der Waals surface area contributed by atoms with Gasteiger partial charge in [0.15, 0.2) is 11.5 Å². The van der Waals surface area contributed by atoms with Crippen LogP contribution >= 0.6 is 11.6 Å². The van der Waals surface area contributed by atoms with E-state index in [1.165, 1.54) is 13.2 Å². The average molecular weight is 349 g/mol. The van der Waals surface area contributed by atoms with Crippen LogP contribution in [0.25, 0.3) is 0 Å². The molecule has 1 N–H and O–H groups in total. The minimum absolute atomic E-state index is 0.108. The number of carbonyl (C=O) groups excluding carboxylic acids is 2. The highest BCUT2D eigenvalue weighted by Crippen LogP contribution is 2.35. The summed E-state index contributed by atoms with van der Waals surface area (Å²) >= 11 is 6.02. The predicted molar refractivity (Wildman–Crippen MR) is 88.1 cm³/mol. The zero-order valence-corrected chi connectivity index (χ0v) is 13.4. The van der Waals surface area contributed by atoms with Crippen LogP contribution in [0.4, 0.5) is 16.2 Å². The lowest BCUT2D eigenvalue weighted by Crippen LogP contribution is -2.33. The third kappa shape index (κ3) is 3.07.